The summed E-state index contributed by atoms with van der Waals surface area (Å²) < 4.78 is 41.2. The molecule has 0 spiro atoms. The standard InChI is InChI=1S/C16H15Br3O4S2/c1-10-8-11(2)15(12(3)9-10)24(20)23-13-4-6-14(7-5-13)25(21,22)16(17,18)19/h4-9H,1-3H3. The van der Waals surface area contributed by atoms with Crippen molar-refractivity contribution in [1.82, 2.24) is 0 Å². The maximum absolute atomic E-state index is 12.6. The molecule has 2 aromatic rings. The van der Waals surface area contributed by atoms with Crippen molar-refractivity contribution in [3.63, 3.8) is 0 Å². The van der Waals surface area contributed by atoms with Crippen LogP contribution in [-0.2, 0) is 20.9 Å². The summed E-state index contributed by atoms with van der Waals surface area (Å²) in [4.78, 5) is 0.710. The summed E-state index contributed by atoms with van der Waals surface area (Å²) in [6, 6.07) is 9.64. The van der Waals surface area contributed by atoms with Crippen molar-refractivity contribution in [2.24, 2.45) is 0 Å². The van der Waals surface area contributed by atoms with E-state index in [0.29, 0.717) is 10.6 Å². The molecule has 0 aromatic heterocycles. The first-order valence-corrected chi connectivity index (χ1v) is 12.0. The van der Waals surface area contributed by atoms with Crippen LogP contribution in [0.3, 0.4) is 0 Å². The predicted molar refractivity (Wildman–Crippen MR) is 111 cm³/mol. The van der Waals surface area contributed by atoms with E-state index in [2.05, 4.69) is 47.8 Å². The van der Waals surface area contributed by atoms with Gasteiger partial charge in [-0.25, -0.2) is 12.6 Å². The smallest absolute Gasteiger partial charge is 0.241 e. The summed E-state index contributed by atoms with van der Waals surface area (Å²) in [6.45, 7) is 5.74. The molecule has 0 amide bonds. The Morgan fingerprint density at radius 3 is 1.88 bits per heavy atom. The van der Waals surface area contributed by atoms with Crippen LogP contribution in [0.25, 0.3) is 0 Å². The van der Waals surface area contributed by atoms with Gasteiger partial charge in [-0.3, -0.25) is 0 Å². The zero-order valence-corrected chi connectivity index (χ0v) is 19.9. The summed E-state index contributed by atoms with van der Waals surface area (Å²) in [6.07, 6.45) is 0. The van der Waals surface area contributed by atoms with Gasteiger partial charge in [-0.1, -0.05) is 17.7 Å². The lowest BCUT2D eigenvalue weighted by atomic mass is 10.1. The highest BCUT2D eigenvalue weighted by Crippen LogP contribution is 2.43. The minimum Gasteiger partial charge on any atom is -0.397 e. The molecule has 2 aromatic carbocycles. The van der Waals surface area contributed by atoms with Crippen LogP contribution in [0, 0.1) is 20.8 Å². The number of sulfone groups is 1. The summed E-state index contributed by atoms with van der Waals surface area (Å²) in [7, 11) is -3.67. The van der Waals surface area contributed by atoms with Gasteiger partial charge < -0.3 is 4.18 Å². The third kappa shape index (κ3) is 4.74. The van der Waals surface area contributed by atoms with Gasteiger partial charge >= 0.3 is 0 Å². The number of rotatable bonds is 4. The molecule has 0 aliphatic carbocycles. The van der Waals surface area contributed by atoms with E-state index in [9.17, 15) is 12.6 Å². The van der Waals surface area contributed by atoms with Crippen molar-refractivity contribution in [2.45, 2.75) is 32.0 Å². The topological polar surface area (TPSA) is 60.4 Å². The molecule has 1 unspecified atom stereocenters. The fourth-order valence-electron chi connectivity index (χ4n) is 2.37. The highest BCUT2D eigenvalue weighted by molar-refractivity contribution is 9.42. The fourth-order valence-corrected chi connectivity index (χ4v) is 5.82. The quantitative estimate of drug-likeness (QED) is 0.466. The monoisotopic (exact) mass is 572 g/mol. The van der Waals surface area contributed by atoms with E-state index < -0.39 is 22.4 Å². The van der Waals surface area contributed by atoms with E-state index in [1.54, 1.807) is 0 Å². The Labute approximate surface area is 175 Å². The van der Waals surface area contributed by atoms with Crippen molar-refractivity contribution in [3.8, 4) is 5.75 Å². The average Bonchev–Trinajstić information content (AvgIpc) is 2.45. The Hall–Kier alpha value is -0.220. The Balaban J connectivity index is 2.27. The molecule has 2 rings (SSSR count). The van der Waals surface area contributed by atoms with Gasteiger partial charge in [0.15, 0.2) is 0 Å². The van der Waals surface area contributed by atoms with E-state index in [-0.39, 0.29) is 4.90 Å². The van der Waals surface area contributed by atoms with Gasteiger partial charge in [0.05, 0.1) is 9.79 Å². The Morgan fingerprint density at radius 1 is 0.960 bits per heavy atom. The van der Waals surface area contributed by atoms with E-state index in [4.69, 9.17) is 4.18 Å². The second-order valence-corrected chi connectivity index (χ2v) is 16.9. The number of benzene rings is 2. The van der Waals surface area contributed by atoms with Crippen LogP contribution >= 0.6 is 47.8 Å². The SMILES string of the molecule is Cc1cc(C)c(S(=O)Oc2ccc(S(=O)(=O)C(Br)(Br)Br)cc2)c(C)c1. The van der Waals surface area contributed by atoms with Gasteiger partial charge in [-0.2, -0.15) is 0 Å². The Bertz CT molecular complexity index is 894. The van der Waals surface area contributed by atoms with Crippen molar-refractivity contribution >= 4 is 68.7 Å². The van der Waals surface area contributed by atoms with Crippen LogP contribution in [0.2, 0.25) is 0 Å². The van der Waals surface area contributed by atoms with Gasteiger partial charge in [-0.05, 0) is 104 Å². The number of hydrogen-bond acceptors (Lipinski definition) is 4. The van der Waals surface area contributed by atoms with E-state index >= 15 is 0 Å². The minimum atomic E-state index is -3.67. The zero-order valence-electron chi connectivity index (χ0n) is 13.5. The summed E-state index contributed by atoms with van der Waals surface area (Å²) >= 11 is 7.35. The summed E-state index contributed by atoms with van der Waals surface area (Å²) in [5.74, 6) is 0.320. The number of aryl methyl sites for hydroxylation is 3. The third-order valence-corrected chi connectivity index (χ3v) is 10.0. The highest BCUT2D eigenvalue weighted by Gasteiger charge is 2.37. The number of alkyl halides is 3. The molecule has 0 saturated carbocycles. The highest BCUT2D eigenvalue weighted by atomic mass is 80.0. The van der Waals surface area contributed by atoms with Crippen LogP contribution in [0.4, 0.5) is 0 Å². The molecule has 0 bridgehead atoms. The molecule has 0 heterocycles. The predicted octanol–water partition coefficient (Wildman–Crippen LogP) is 5.28. The largest absolute Gasteiger partial charge is 0.397 e. The number of halogens is 3. The normalized spacial score (nSPS) is 13.5. The molecular weight excluding hydrogens is 560 g/mol. The lowest BCUT2D eigenvalue weighted by Gasteiger charge is -2.14. The van der Waals surface area contributed by atoms with Crippen LogP contribution in [0.5, 0.6) is 5.75 Å². The molecule has 25 heavy (non-hydrogen) atoms. The van der Waals surface area contributed by atoms with Crippen molar-refractivity contribution in [2.75, 3.05) is 0 Å². The summed E-state index contributed by atoms with van der Waals surface area (Å²) in [5.41, 5.74) is 2.86. The first-order valence-electron chi connectivity index (χ1n) is 7.03. The molecule has 136 valence electrons. The van der Waals surface area contributed by atoms with Crippen LogP contribution in [0.1, 0.15) is 16.7 Å². The molecule has 0 radical (unpaired) electrons. The first-order chi connectivity index (χ1) is 11.4. The van der Waals surface area contributed by atoms with E-state index in [1.807, 2.05) is 32.9 Å². The second-order valence-electron chi connectivity index (χ2n) is 5.47. The van der Waals surface area contributed by atoms with Gasteiger partial charge in [-0.15, -0.1) is 0 Å². The maximum Gasteiger partial charge on any atom is 0.241 e. The summed E-state index contributed by atoms with van der Waals surface area (Å²) in [5, 5.41) is 0. The van der Waals surface area contributed by atoms with Crippen LogP contribution in [0.15, 0.2) is 46.2 Å². The Morgan fingerprint density at radius 2 is 1.44 bits per heavy atom. The van der Waals surface area contributed by atoms with Gasteiger partial charge in [0, 0.05) is 0 Å². The van der Waals surface area contributed by atoms with E-state index in [1.165, 1.54) is 24.3 Å². The van der Waals surface area contributed by atoms with Gasteiger partial charge in [0.1, 0.15) is 5.75 Å². The molecule has 9 heteroatoms. The van der Waals surface area contributed by atoms with Crippen molar-refractivity contribution in [3.05, 3.63) is 53.1 Å². The molecule has 0 fully saturated rings. The zero-order chi connectivity index (χ0) is 19.0. The van der Waals surface area contributed by atoms with Crippen molar-refractivity contribution in [1.29, 1.82) is 0 Å². The third-order valence-electron chi connectivity index (χ3n) is 3.38. The molecule has 4 nitrogen and oxygen atoms in total. The maximum atomic E-state index is 12.6. The minimum absolute atomic E-state index is 0.0824. The van der Waals surface area contributed by atoms with Crippen LogP contribution < -0.4 is 4.18 Å². The average molecular weight is 575 g/mol. The molecule has 0 aliphatic heterocycles. The number of hydrogen-bond donors (Lipinski definition) is 0. The van der Waals surface area contributed by atoms with Crippen LogP contribution in [-0.4, -0.2) is 14.1 Å². The Kier molecular flexibility index (Phi) is 6.58. The molecule has 0 saturated heterocycles. The second kappa shape index (κ2) is 7.80. The van der Waals surface area contributed by atoms with E-state index in [0.717, 1.165) is 16.7 Å². The van der Waals surface area contributed by atoms with Gasteiger partial charge in [0.2, 0.25) is 22.4 Å². The van der Waals surface area contributed by atoms with Gasteiger partial charge in [0.25, 0.3) is 0 Å². The lowest BCUT2D eigenvalue weighted by Crippen LogP contribution is -2.17. The molecular formula is C16H15Br3O4S2. The molecule has 1 atom stereocenters. The first kappa shape index (κ1) is 21.1. The lowest BCUT2D eigenvalue weighted by molar-refractivity contribution is 0.560. The molecule has 0 N–H and O–H groups in total. The fraction of sp³-hybridized carbons (Fsp3) is 0.250. The molecule has 0 aliphatic rings. The van der Waals surface area contributed by atoms with Crippen molar-refractivity contribution < 1.29 is 16.8 Å².